The van der Waals surface area contributed by atoms with Crippen molar-refractivity contribution in [2.45, 2.75) is 26.2 Å². The molecule has 76 valence electrons. The second-order valence-electron chi connectivity index (χ2n) is 3.77. The molecule has 0 fully saturated rings. The third kappa shape index (κ3) is 3.75. The Labute approximate surface area is 86.6 Å². The molecule has 0 bridgehead atoms. The molecule has 0 aliphatic heterocycles. The van der Waals surface area contributed by atoms with E-state index in [1.165, 1.54) is 16.7 Å². The van der Waals surface area contributed by atoms with Gasteiger partial charge in [0, 0.05) is 0 Å². The van der Waals surface area contributed by atoms with Crippen LogP contribution in [0.25, 0.3) is 0 Å². The van der Waals surface area contributed by atoms with Crippen LogP contribution in [-0.2, 0) is 6.42 Å². The van der Waals surface area contributed by atoms with Crippen molar-refractivity contribution in [3.63, 3.8) is 0 Å². The van der Waals surface area contributed by atoms with Crippen molar-refractivity contribution in [1.29, 1.82) is 0 Å². The van der Waals surface area contributed by atoms with Gasteiger partial charge in [0.15, 0.2) is 0 Å². The van der Waals surface area contributed by atoms with Gasteiger partial charge in [-0.1, -0.05) is 42.0 Å². The summed E-state index contributed by atoms with van der Waals surface area (Å²) in [4.78, 5) is 0. The van der Waals surface area contributed by atoms with Crippen LogP contribution in [0, 0.1) is 6.92 Å². The number of hydrogen-bond donors (Lipinski definition) is 1. The van der Waals surface area contributed by atoms with E-state index in [9.17, 15) is 0 Å². The summed E-state index contributed by atoms with van der Waals surface area (Å²) in [7, 11) is 0. The van der Waals surface area contributed by atoms with Crippen LogP contribution < -0.4 is 5.73 Å². The SMILES string of the molecule is C=C(CCN)CCc1ccc(C)cc1. The molecule has 0 saturated carbocycles. The van der Waals surface area contributed by atoms with E-state index in [0.717, 1.165) is 19.3 Å². The summed E-state index contributed by atoms with van der Waals surface area (Å²) in [6, 6.07) is 8.68. The Balaban J connectivity index is 2.38. The summed E-state index contributed by atoms with van der Waals surface area (Å²) in [5, 5.41) is 0. The zero-order chi connectivity index (χ0) is 10.4. The molecule has 1 heteroatoms. The van der Waals surface area contributed by atoms with E-state index in [1.54, 1.807) is 0 Å². The molecule has 1 rings (SSSR count). The average molecular weight is 189 g/mol. The minimum Gasteiger partial charge on any atom is -0.330 e. The number of hydrogen-bond acceptors (Lipinski definition) is 1. The Morgan fingerprint density at radius 1 is 1.21 bits per heavy atom. The van der Waals surface area contributed by atoms with Gasteiger partial charge >= 0.3 is 0 Å². The van der Waals surface area contributed by atoms with Gasteiger partial charge in [-0.3, -0.25) is 0 Å². The lowest BCUT2D eigenvalue weighted by atomic mass is 10.0. The van der Waals surface area contributed by atoms with Crippen LogP contribution >= 0.6 is 0 Å². The van der Waals surface area contributed by atoms with Gasteiger partial charge in [-0.2, -0.15) is 0 Å². The van der Waals surface area contributed by atoms with Gasteiger partial charge in [0.2, 0.25) is 0 Å². The monoisotopic (exact) mass is 189 g/mol. The van der Waals surface area contributed by atoms with Crippen molar-refractivity contribution in [2.75, 3.05) is 6.54 Å². The zero-order valence-corrected chi connectivity index (χ0v) is 8.92. The highest BCUT2D eigenvalue weighted by atomic mass is 14.5. The molecule has 0 amide bonds. The molecule has 0 radical (unpaired) electrons. The summed E-state index contributed by atoms with van der Waals surface area (Å²) < 4.78 is 0. The minimum atomic E-state index is 0.715. The lowest BCUT2D eigenvalue weighted by Crippen LogP contribution is -2.00. The molecule has 0 aliphatic carbocycles. The van der Waals surface area contributed by atoms with Crippen molar-refractivity contribution in [2.24, 2.45) is 5.73 Å². The van der Waals surface area contributed by atoms with Gasteiger partial charge in [-0.05, 0) is 38.3 Å². The molecule has 1 aromatic rings. The Morgan fingerprint density at radius 3 is 2.43 bits per heavy atom. The van der Waals surface area contributed by atoms with Crippen LogP contribution in [0.1, 0.15) is 24.0 Å². The van der Waals surface area contributed by atoms with Crippen LogP contribution in [0.5, 0.6) is 0 Å². The van der Waals surface area contributed by atoms with Crippen LogP contribution in [0.3, 0.4) is 0 Å². The van der Waals surface area contributed by atoms with Crippen LogP contribution in [0.15, 0.2) is 36.4 Å². The van der Waals surface area contributed by atoms with E-state index in [-0.39, 0.29) is 0 Å². The second-order valence-corrected chi connectivity index (χ2v) is 3.77. The van der Waals surface area contributed by atoms with Gasteiger partial charge in [0.1, 0.15) is 0 Å². The lowest BCUT2D eigenvalue weighted by molar-refractivity contribution is 0.847. The number of benzene rings is 1. The Hall–Kier alpha value is -1.08. The van der Waals surface area contributed by atoms with Crippen molar-refractivity contribution < 1.29 is 0 Å². The van der Waals surface area contributed by atoms with Gasteiger partial charge in [0.05, 0.1) is 0 Å². The van der Waals surface area contributed by atoms with E-state index in [2.05, 4.69) is 37.8 Å². The first-order valence-corrected chi connectivity index (χ1v) is 5.14. The molecule has 0 spiro atoms. The first kappa shape index (κ1) is 11.0. The fourth-order valence-corrected chi connectivity index (χ4v) is 1.40. The topological polar surface area (TPSA) is 26.0 Å². The van der Waals surface area contributed by atoms with Crippen molar-refractivity contribution in [3.8, 4) is 0 Å². The molecule has 0 heterocycles. The number of rotatable bonds is 5. The first-order valence-electron chi connectivity index (χ1n) is 5.14. The molecular weight excluding hydrogens is 170 g/mol. The van der Waals surface area contributed by atoms with E-state index >= 15 is 0 Å². The highest BCUT2D eigenvalue weighted by Gasteiger charge is 1.95. The van der Waals surface area contributed by atoms with E-state index in [4.69, 9.17) is 5.73 Å². The predicted octanol–water partition coefficient (Wildman–Crippen LogP) is 2.83. The molecule has 1 nitrogen and oxygen atoms in total. The van der Waals surface area contributed by atoms with Gasteiger partial charge in [-0.15, -0.1) is 0 Å². The highest BCUT2D eigenvalue weighted by Crippen LogP contribution is 2.10. The lowest BCUT2D eigenvalue weighted by Gasteiger charge is -2.04. The largest absolute Gasteiger partial charge is 0.330 e. The van der Waals surface area contributed by atoms with Crippen molar-refractivity contribution in [1.82, 2.24) is 0 Å². The maximum Gasteiger partial charge on any atom is -0.00400 e. The smallest absolute Gasteiger partial charge is 0.00400 e. The molecule has 0 atom stereocenters. The van der Waals surface area contributed by atoms with Crippen LogP contribution in [0.4, 0.5) is 0 Å². The molecule has 1 aromatic carbocycles. The quantitative estimate of drug-likeness (QED) is 0.708. The summed E-state index contributed by atoms with van der Waals surface area (Å²) in [5.74, 6) is 0. The molecular formula is C13H19N. The standard InChI is InChI=1S/C13H19N/c1-11-3-6-13(7-4-11)8-5-12(2)9-10-14/h3-4,6-7H,2,5,8-10,14H2,1H3. The molecule has 0 aromatic heterocycles. The summed E-state index contributed by atoms with van der Waals surface area (Å²) in [6.07, 6.45) is 3.09. The molecule has 0 aliphatic rings. The van der Waals surface area contributed by atoms with Gasteiger partial charge in [0.25, 0.3) is 0 Å². The average Bonchev–Trinajstić information content (AvgIpc) is 2.17. The molecule has 0 unspecified atom stereocenters. The fraction of sp³-hybridized carbons (Fsp3) is 0.385. The Kier molecular flexibility index (Phi) is 4.41. The normalized spacial score (nSPS) is 10.1. The summed E-state index contributed by atoms with van der Waals surface area (Å²) in [6.45, 7) is 6.82. The Bertz CT molecular complexity index is 285. The number of aryl methyl sites for hydroxylation is 2. The van der Waals surface area contributed by atoms with Crippen molar-refractivity contribution in [3.05, 3.63) is 47.5 Å². The molecule has 14 heavy (non-hydrogen) atoms. The maximum atomic E-state index is 5.46. The minimum absolute atomic E-state index is 0.715. The third-order valence-electron chi connectivity index (χ3n) is 2.39. The summed E-state index contributed by atoms with van der Waals surface area (Å²) >= 11 is 0. The number of nitrogens with two attached hydrogens (primary N) is 1. The highest BCUT2D eigenvalue weighted by molar-refractivity contribution is 5.22. The summed E-state index contributed by atoms with van der Waals surface area (Å²) in [5.41, 5.74) is 9.41. The maximum absolute atomic E-state index is 5.46. The van der Waals surface area contributed by atoms with Crippen LogP contribution in [0.2, 0.25) is 0 Å². The Morgan fingerprint density at radius 2 is 1.86 bits per heavy atom. The third-order valence-corrected chi connectivity index (χ3v) is 2.39. The van der Waals surface area contributed by atoms with Gasteiger partial charge < -0.3 is 5.73 Å². The van der Waals surface area contributed by atoms with E-state index in [1.807, 2.05) is 0 Å². The molecule has 2 N–H and O–H groups in total. The van der Waals surface area contributed by atoms with E-state index < -0.39 is 0 Å². The molecule has 0 saturated heterocycles. The second kappa shape index (κ2) is 5.61. The fourth-order valence-electron chi connectivity index (χ4n) is 1.40. The van der Waals surface area contributed by atoms with Crippen molar-refractivity contribution >= 4 is 0 Å². The first-order chi connectivity index (χ1) is 6.72. The van der Waals surface area contributed by atoms with E-state index in [0.29, 0.717) is 6.54 Å². The van der Waals surface area contributed by atoms with Gasteiger partial charge in [-0.25, -0.2) is 0 Å². The van der Waals surface area contributed by atoms with Crippen LogP contribution in [-0.4, -0.2) is 6.54 Å². The predicted molar refractivity (Wildman–Crippen MR) is 62.3 cm³/mol. The zero-order valence-electron chi connectivity index (χ0n) is 8.92.